The van der Waals surface area contributed by atoms with Crippen molar-refractivity contribution in [2.75, 3.05) is 7.11 Å². The summed E-state index contributed by atoms with van der Waals surface area (Å²) in [6.45, 7) is 2.71. The number of hydrogen-bond acceptors (Lipinski definition) is 3. The molecule has 1 N–H and O–H groups in total. The minimum absolute atomic E-state index is 0.628. The van der Waals surface area contributed by atoms with Crippen molar-refractivity contribution in [1.29, 1.82) is 0 Å². The Morgan fingerprint density at radius 3 is 2.94 bits per heavy atom. The summed E-state index contributed by atoms with van der Waals surface area (Å²) in [7, 11) is 1.60. The molecule has 0 saturated heterocycles. The maximum Gasteiger partial charge on any atom is 0.328 e. The highest BCUT2D eigenvalue weighted by atomic mass is 16.5. The first-order valence-corrected chi connectivity index (χ1v) is 5.61. The lowest BCUT2D eigenvalue weighted by molar-refractivity contribution is -0.131. The minimum Gasteiger partial charge on any atom is -0.497 e. The van der Waals surface area contributed by atoms with Gasteiger partial charge in [-0.05, 0) is 25.1 Å². The van der Waals surface area contributed by atoms with Crippen molar-refractivity contribution in [2.45, 2.75) is 13.5 Å². The highest BCUT2D eigenvalue weighted by Gasteiger charge is 2.08. The summed E-state index contributed by atoms with van der Waals surface area (Å²) in [5.41, 5.74) is 1.75. The SMILES string of the molecule is CCn1c(/C=C/C(=O)O)nc2cc(OC)ccc21. The second-order valence-corrected chi connectivity index (χ2v) is 3.74. The second kappa shape index (κ2) is 4.91. The molecule has 5 nitrogen and oxygen atoms in total. The van der Waals surface area contributed by atoms with Crippen LogP contribution in [0.1, 0.15) is 12.7 Å². The lowest BCUT2D eigenvalue weighted by Gasteiger charge is -2.02. The van der Waals surface area contributed by atoms with Crippen LogP contribution in [-0.2, 0) is 11.3 Å². The zero-order valence-electron chi connectivity index (χ0n) is 10.3. The molecule has 2 rings (SSSR count). The van der Waals surface area contributed by atoms with Gasteiger partial charge in [0.05, 0.1) is 18.1 Å². The van der Waals surface area contributed by atoms with Gasteiger partial charge in [-0.2, -0.15) is 0 Å². The summed E-state index contributed by atoms with van der Waals surface area (Å²) in [5, 5.41) is 8.65. The molecule has 0 unspecified atom stereocenters. The van der Waals surface area contributed by atoms with Crippen molar-refractivity contribution in [3.05, 3.63) is 30.1 Å². The van der Waals surface area contributed by atoms with Gasteiger partial charge < -0.3 is 14.4 Å². The number of methoxy groups -OCH3 is 1. The molecule has 0 fully saturated rings. The van der Waals surface area contributed by atoms with Gasteiger partial charge in [-0.1, -0.05) is 0 Å². The Morgan fingerprint density at radius 2 is 2.33 bits per heavy atom. The molecule has 1 aromatic heterocycles. The molecule has 0 aliphatic rings. The van der Waals surface area contributed by atoms with E-state index in [-0.39, 0.29) is 0 Å². The zero-order valence-corrected chi connectivity index (χ0v) is 10.3. The number of carboxylic acids is 1. The fourth-order valence-corrected chi connectivity index (χ4v) is 1.86. The first kappa shape index (κ1) is 12.2. The molecule has 0 aliphatic carbocycles. The van der Waals surface area contributed by atoms with Crippen LogP contribution in [0.5, 0.6) is 5.75 Å². The Labute approximate surface area is 104 Å². The molecule has 18 heavy (non-hydrogen) atoms. The van der Waals surface area contributed by atoms with Crippen LogP contribution in [0.3, 0.4) is 0 Å². The summed E-state index contributed by atoms with van der Waals surface area (Å²) < 4.78 is 7.09. The van der Waals surface area contributed by atoms with Gasteiger partial charge in [0.15, 0.2) is 0 Å². The minimum atomic E-state index is -0.984. The highest BCUT2D eigenvalue weighted by molar-refractivity contribution is 5.86. The normalized spacial score (nSPS) is 11.2. The van der Waals surface area contributed by atoms with Crippen LogP contribution in [-0.4, -0.2) is 27.7 Å². The summed E-state index contributed by atoms with van der Waals surface area (Å²) in [6.07, 6.45) is 2.59. The van der Waals surface area contributed by atoms with Gasteiger partial charge in [0, 0.05) is 18.7 Å². The monoisotopic (exact) mass is 246 g/mol. The average molecular weight is 246 g/mol. The molecular formula is C13H14N2O3. The van der Waals surface area contributed by atoms with Crippen LogP contribution in [0.15, 0.2) is 24.3 Å². The number of nitrogens with zero attached hydrogens (tertiary/aromatic N) is 2. The molecule has 1 aromatic carbocycles. The predicted octanol–water partition coefficient (Wildman–Crippen LogP) is 2.16. The molecule has 0 radical (unpaired) electrons. The Morgan fingerprint density at radius 1 is 1.56 bits per heavy atom. The van der Waals surface area contributed by atoms with Crippen molar-refractivity contribution >= 4 is 23.1 Å². The van der Waals surface area contributed by atoms with Crippen molar-refractivity contribution in [2.24, 2.45) is 0 Å². The number of ether oxygens (including phenoxy) is 1. The molecule has 0 aliphatic heterocycles. The summed E-state index contributed by atoms with van der Waals surface area (Å²) >= 11 is 0. The Hall–Kier alpha value is -2.30. The molecule has 1 heterocycles. The van der Waals surface area contributed by atoms with Crippen molar-refractivity contribution in [1.82, 2.24) is 9.55 Å². The lowest BCUT2D eigenvalue weighted by atomic mass is 10.3. The zero-order chi connectivity index (χ0) is 13.1. The summed E-state index contributed by atoms with van der Waals surface area (Å²) in [4.78, 5) is 14.9. The number of hydrogen-bond donors (Lipinski definition) is 1. The maximum atomic E-state index is 10.5. The number of aliphatic carboxylic acids is 1. The van der Waals surface area contributed by atoms with Gasteiger partial charge in [-0.15, -0.1) is 0 Å². The third-order valence-corrected chi connectivity index (χ3v) is 2.68. The van der Waals surface area contributed by atoms with Gasteiger partial charge in [0.25, 0.3) is 0 Å². The number of rotatable bonds is 4. The van der Waals surface area contributed by atoms with Gasteiger partial charge in [-0.25, -0.2) is 9.78 Å². The molecule has 0 saturated carbocycles. The number of aromatic nitrogens is 2. The topological polar surface area (TPSA) is 64.4 Å². The van der Waals surface area contributed by atoms with E-state index in [2.05, 4.69) is 4.98 Å². The molecule has 0 amide bonds. The second-order valence-electron chi connectivity index (χ2n) is 3.74. The van der Waals surface area contributed by atoms with Crippen LogP contribution in [0.25, 0.3) is 17.1 Å². The average Bonchev–Trinajstić information content (AvgIpc) is 2.72. The van der Waals surface area contributed by atoms with Crippen LogP contribution in [0, 0.1) is 0 Å². The maximum absolute atomic E-state index is 10.5. The molecule has 2 aromatic rings. The summed E-state index contributed by atoms with van der Waals surface area (Å²) in [6, 6.07) is 5.61. The molecule has 0 atom stereocenters. The molecular weight excluding hydrogens is 232 g/mol. The van der Waals surface area contributed by atoms with Crippen LogP contribution >= 0.6 is 0 Å². The van der Waals surface area contributed by atoms with E-state index in [4.69, 9.17) is 9.84 Å². The number of aryl methyl sites for hydroxylation is 1. The van der Waals surface area contributed by atoms with E-state index in [1.165, 1.54) is 6.08 Å². The fraction of sp³-hybridized carbons (Fsp3) is 0.231. The van der Waals surface area contributed by atoms with Gasteiger partial charge in [0.1, 0.15) is 11.6 Å². The van der Waals surface area contributed by atoms with E-state index in [0.29, 0.717) is 5.82 Å². The Kier molecular flexibility index (Phi) is 3.32. The van der Waals surface area contributed by atoms with Crippen LogP contribution in [0.2, 0.25) is 0 Å². The third kappa shape index (κ3) is 2.20. The molecule has 0 spiro atoms. The van der Waals surface area contributed by atoms with Crippen molar-refractivity contribution in [3.63, 3.8) is 0 Å². The standard InChI is InChI=1S/C13H14N2O3/c1-3-15-11-5-4-9(18-2)8-10(11)14-12(15)6-7-13(16)17/h4-8H,3H2,1-2H3,(H,16,17)/b7-6+. The van der Waals surface area contributed by atoms with E-state index >= 15 is 0 Å². The first-order chi connectivity index (χ1) is 8.65. The molecule has 0 bridgehead atoms. The van der Waals surface area contributed by atoms with Crippen molar-refractivity contribution in [3.8, 4) is 5.75 Å². The van der Waals surface area contributed by atoms with Crippen LogP contribution < -0.4 is 4.74 Å². The fourth-order valence-electron chi connectivity index (χ4n) is 1.86. The van der Waals surface area contributed by atoms with E-state index in [9.17, 15) is 4.79 Å². The number of carboxylic acid groups (broad SMARTS) is 1. The largest absolute Gasteiger partial charge is 0.497 e. The van der Waals surface area contributed by atoms with E-state index < -0.39 is 5.97 Å². The first-order valence-electron chi connectivity index (χ1n) is 5.61. The number of carbonyl (C=O) groups is 1. The predicted molar refractivity (Wildman–Crippen MR) is 68.6 cm³/mol. The van der Waals surface area contributed by atoms with Gasteiger partial charge in [0.2, 0.25) is 0 Å². The van der Waals surface area contributed by atoms with Gasteiger partial charge >= 0.3 is 5.97 Å². The third-order valence-electron chi connectivity index (χ3n) is 2.68. The number of benzene rings is 1. The lowest BCUT2D eigenvalue weighted by Crippen LogP contribution is -1.97. The Bertz CT molecular complexity index is 614. The Balaban J connectivity index is 2.56. The highest BCUT2D eigenvalue weighted by Crippen LogP contribution is 2.22. The quantitative estimate of drug-likeness (QED) is 0.840. The number of fused-ring (bicyclic) bond motifs is 1. The molecule has 5 heteroatoms. The summed E-state index contributed by atoms with van der Waals surface area (Å²) in [5.74, 6) is 0.377. The van der Waals surface area contributed by atoms with Gasteiger partial charge in [-0.3, -0.25) is 0 Å². The van der Waals surface area contributed by atoms with Crippen LogP contribution in [0.4, 0.5) is 0 Å². The van der Waals surface area contributed by atoms with E-state index in [0.717, 1.165) is 29.4 Å². The van der Waals surface area contributed by atoms with Crippen molar-refractivity contribution < 1.29 is 14.6 Å². The van der Waals surface area contributed by atoms with E-state index in [1.54, 1.807) is 7.11 Å². The molecule has 94 valence electrons. The smallest absolute Gasteiger partial charge is 0.328 e. The van der Waals surface area contributed by atoms with E-state index in [1.807, 2.05) is 29.7 Å². The number of imidazole rings is 1.